The number of hydrogen-bond donors (Lipinski definition) is 1. The molecule has 3 aromatic rings. The van der Waals surface area contributed by atoms with Gasteiger partial charge in [-0.25, -0.2) is 0 Å². The van der Waals surface area contributed by atoms with Crippen molar-refractivity contribution in [2.24, 2.45) is 0 Å². The number of rotatable bonds is 3. The fourth-order valence-electron chi connectivity index (χ4n) is 3.45. The molecule has 126 valence electrons. The Morgan fingerprint density at radius 1 is 1.12 bits per heavy atom. The highest BCUT2D eigenvalue weighted by atomic mass is 16.3. The molecule has 0 spiro atoms. The topological polar surface area (TPSA) is 70.8 Å². The lowest BCUT2D eigenvalue weighted by molar-refractivity contribution is 0.0691. The molecule has 1 amide bonds. The van der Waals surface area contributed by atoms with E-state index in [4.69, 9.17) is 4.42 Å². The number of aliphatic hydroxyl groups excluding tert-OH is 1. The van der Waals surface area contributed by atoms with E-state index in [9.17, 15) is 14.7 Å². The van der Waals surface area contributed by atoms with Gasteiger partial charge in [-0.2, -0.15) is 0 Å². The van der Waals surface area contributed by atoms with Gasteiger partial charge >= 0.3 is 0 Å². The Kier molecular flexibility index (Phi) is 3.66. The lowest BCUT2D eigenvalue weighted by Crippen LogP contribution is -2.32. The van der Waals surface area contributed by atoms with Crippen LogP contribution < -0.4 is 5.43 Å². The monoisotopic (exact) mass is 335 g/mol. The van der Waals surface area contributed by atoms with Crippen molar-refractivity contribution in [3.8, 4) is 0 Å². The van der Waals surface area contributed by atoms with E-state index >= 15 is 0 Å². The molecule has 5 nitrogen and oxygen atoms in total. The molecule has 5 heteroatoms. The Morgan fingerprint density at radius 3 is 2.60 bits per heavy atom. The van der Waals surface area contributed by atoms with E-state index in [0.717, 1.165) is 11.1 Å². The second-order valence-corrected chi connectivity index (χ2v) is 6.21. The number of carbonyl (C=O) groups is 1. The normalized spacial score (nSPS) is 16.5. The van der Waals surface area contributed by atoms with Crippen molar-refractivity contribution < 1.29 is 14.3 Å². The number of carbonyl (C=O) groups excluding carboxylic acids is 1. The minimum absolute atomic E-state index is 0.0728. The predicted molar refractivity (Wildman–Crippen MR) is 93.6 cm³/mol. The molecule has 1 aromatic heterocycles. The molecule has 1 aliphatic heterocycles. The summed E-state index contributed by atoms with van der Waals surface area (Å²) in [7, 11) is 0. The third-order valence-electron chi connectivity index (χ3n) is 4.58. The molecule has 0 saturated heterocycles. The van der Waals surface area contributed by atoms with E-state index < -0.39 is 6.04 Å². The van der Waals surface area contributed by atoms with Crippen molar-refractivity contribution in [1.82, 2.24) is 4.90 Å². The van der Waals surface area contributed by atoms with Crippen LogP contribution in [0.15, 0.2) is 57.7 Å². The standard InChI is InChI=1S/C20H17NO4/c1-12-7-8-15-14(11-12)18(23)16-17(13-5-3-2-4-6-13)21(9-10-22)20(24)19(16)25-15/h2-8,11,17,22H,9-10H2,1H3. The zero-order valence-corrected chi connectivity index (χ0v) is 13.7. The number of aliphatic hydroxyl groups is 1. The van der Waals surface area contributed by atoms with E-state index in [1.807, 2.05) is 43.3 Å². The molecular formula is C20H17NO4. The Labute approximate surface area is 144 Å². The molecular weight excluding hydrogens is 318 g/mol. The molecule has 25 heavy (non-hydrogen) atoms. The van der Waals surface area contributed by atoms with Crippen molar-refractivity contribution in [3.05, 3.63) is 81.2 Å². The van der Waals surface area contributed by atoms with E-state index in [1.165, 1.54) is 4.90 Å². The first-order valence-electron chi connectivity index (χ1n) is 8.16. The maximum atomic E-state index is 13.2. The Morgan fingerprint density at radius 2 is 1.88 bits per heavy atom. The van der Waals surface area contributed by atoms with Gasteiger partial charge in [0.05, 0.1) is 23.6 Å². The fraction of sp³-hybridized carbons (Fsp3) is 0.200. The molecule has 0 bridgehead atoms. The maximum absolute atomic E-state index is 13.2. The highest BCUT2D eigenvalue weighted by Gasteiger charge is 2.42. The molecule has 0 saturated carbocycles. The third kappa shape index (κ3) is 2.36. The molecule has 0 aliphatic carbocycles. The average molecular weight is 335 g/mol. The van der Waals surface area contributed by atoms with Crippen LogP contribution >= 0.6 is 0 Å². The van der Waals surface area contributed by atoms with Crippen LogP contribution in [0.25, 0.3) is 11.0 Å². The number of nitrogens with zero attached hydrogens (tertiary/aromatic N) is 1. The predicted octanol–water partition coefficient (Wildman–Crippen LogP) is 2.64. The summed E-state index contributed by atoms with van der Waals surface area (Å²) in [6, 6.07) is 14.1. The van der Waals surface area contributed by atoms with Gasteiger partial charge in [0.2, 0.25) is 5.76 Å². The van der Waals surface area contributed by atoms with Crippen LogP contribution in [-0.2, 0) is 0 Å². The van der Waals surface area contributed by atoms with Crippen molar-refractivity contribution in [1.29, 1.82) is 0 Å². The van der Waals surface area contributed by atoms with Crippen LogP contribution in [-0.4, -0.2) is 29.1 Å². The quantitative estimate of drug-likeness (QED) is 0.799. The number of amides is 1. The maximum Gasteiger partial charge on any atom is 0.290 e. The average Bonchev–Trinajstić information content (AvgIpc) is 2.90. The molecule has 1 aliphatic rings. The molecule has 1 unspecified atom stereocenters. The molecule has 1 N–H and O–H groups in total. The van der Waals surface area contributed by atoms with Gasteiger partial charge in [-0.05, 0) is 24.6 Å². The van der Waals surface area contributed by atoms with Crippen LogP contribution in [0, 0.1) is 6.92 Å². The fourth-order valence-corrected chi connectivity index (χ4v) is 3.45. The van der Waals surface area contributed by atoms with Gasteiger partial charge < -0.3 is 14.4 Å². The minimum Gasteiger partial charge on any atom is -0.450 e. The number of fused-ring (bicyclic) bond motifs is 2. The summed E-state index contributed by atoms with van der Waals surface area (Å²) in [6.45, 7) is 1.86. The van der Waals surface area contributed by atoms with Crippen LogP contribution in [0.2, 0.25) is 0 Å². The minimum atomic E-state index is -0.544. The summed E-state index contributed by atoms with van der Waals surface area (Å²) in [4.78, 5) is 27.5. The highest BCUT2D eigenvalue weighted by Crippen LogP contribution is 2.37. The number of benzene rings is 2. The molecule has 2 heterocycles. The lowest BCUT2D eigenvalue weighted by atomic mass is 9.98. The second kappa shape index (κ2) is 5.86. The number of aryl methyl sites for hydroxylation is 1. The first-order chi connectivity index (χ1) is 12.1. The Bertz CT molecular complexity index is 1020. The van der Waals surface area contributed by atoms with Crippen molar-refractivity contribution in [2.45, 2.75) is 13.0 Å². The second-order valence-electron chi connectivity index (χ2n) is 6.21. The van der Waals surface area contributed by atoms with E-state index in [0.29, 0.717) is 16.5 Å². The molecule has 1 atom stereocenters. The van der Waals surface area contributed by atoms with Gasteiger partial charge in [0.15, 0.2) is 5.43 Å². The highest BCUT2D eigenvalue weighted by molar-refractivity contribution is 5.99. The lowest BCUT2D eigenvalue weighted by Gasteiger charge is -2.24. The zero-order chi connectivity index (χ0) is 17.6. The summed E-state index contributed by atoms with van der Waals surface area (Å²) in [5.74, 6) is -0.291. The number of hydrogen-bond acceptors (Lipinski definition) is 4. The summed E-state index contributed by atoms with van der Waals surface area (Å²) >= 11 is 0. The molecule has 4 rings (SSSR count). The first kappa shape index (κ1) is 15.6. The van der Waals surface area contributed by atoms with Gasteiger partial charge in [0, 0.05) is 6.54 Å². The van der Waals surface area contributed by atoms with Crippen molar-refractivity contribution in [2.75, 3.05) is 13.2 Å². The molecule has 0 fully saturated rings. The number of β-amino-alcohol motifs (C(OH)–C–C–N with tert-alkyl or cyclic N) is 1. The van der Waals surface area contributed by atoms with Crippen LogP contribution in [0.4, 0.5) is 0 Å². The summed E-state index contributed by atoms with van der Waals surface area (Å²) < 4.78 is 5.81. The van der Waals surface area contributed by atoms with Crippen LogP contribution in [0.3, 0.4) is 0 Å². The van der Waals surface area contributed by atoms with Crippen molar-refractivity contribution in [3.63, 3.8) is 0 Å². The first-order valence-corrected chi connectivity index (χ1v) is 8.16. The van der Waals surface area contributed by atoms with Gasteiger partial charge in [-0.15, -0.1) is 0 Å². The van der Waals surface area contributed by atoms with E-state index in [2.05, 4.69) is 0 Å². The van der Waals surface area contributed by atoms with Gasteiger partial charge in [0.25, 0.3) is 5.91 Å². The van der Waals surface area contributed by atoms with Crippen LogP contribution in [0.5, 0.6) is 0 Å². The SMILES string of the molecule is Cc1ccc2oc3c(c(=O)c2c1)C(c1ccccc1)N(CCO)C3=O. The summed E-state index contributed by atoms with van der Waals surface area (Å²) in [5, 5.41) is 9.85. The molecule has 0 radical (unpaired) electrons. The van der Waals surface area contributed by atoms with E-state index in [1.54, 1.807) is 12.1 Å². The van der Waals surface area contributed by atoms with Crippen LogP contribution in [0.1, 0.15) is 33.3 Å². The van der Waals surface area contributed by atoms with Gasteiger partial charge in [-0.1, -0.05) is 42.0 Å². The van der Waals surface area contributed by atoms with Gasteiger partial charge in [0.1, 0.15) is 5.58 Å². The smallest absolute Gasteiger partial charge is 0.290 e. The largest absolute Gasteiger partial charge is 0.450 e. The zero-order valence-electron chi connectivity index (χ0n) is 13.7. The molecule has 2 aromatic carbocycles. The van der Waals surface area contributed by atoms with Gasteiger partial charge in [-0.3, -0.25) is 9.59 Å². The van der Waals surface area contributed by atoms with Crippen molar-refractivity contribution >= 4 is 16.9 Å². The summed E-state index contributed by atoms with van der Waals surface area (Å²) in [5.41, 5.74) is 2.33. The Balaban J connectivity index is 2.03. The van der Waals surface area contributed by atoms with E-state index in [-0.39, 0.29) is 30.2 Å². The Hall–Kier alpha value is -2.92. The summed E-state index contributed by atoms with van der Waals surface area (Å²) in [6.07, 6.45) is 0. The third-order valence-corrected chi connectivity index (χ3v) is 4.58.